The van der Waals surface area contributed by atoms with Crippen LogP contribution in [-0.4, -0.2) is 66.3 Å². The van der Waals surface area contributed by atoms with Crippen molar-refractivity contribution < 1.29 is 4.74 Å². The average molecular weight is 464 g/mol. The molecule has 0 spiro atoms. The zero-order chi connectivity index (χ0) is 21.2. The standard InChI is InChI=1S/C23H34ClN5OS/c24-23-26-20-15-18(31-21(20)22(27-23)29-10-12-30-13-11-29)14-19(25)16-6-8-28(9-7-16)17-4-2-1-3-5-17/h15-17,19H,1-14,25H2. The molecule has 2 N–H and O–H groups in total. The molecular formula is C23H34ClN5OS. The van der Waals surface area contributed by atoms with Crippen LogP contribution in [-0.2, 0) is 11.2 Å². The highest BCUT2D eigenvalue weighted by Gasteiger charge is 2.29. The Bertz CT molecular complexity index is 872. The van der Waals surface area contributed by atoms with E-state index in [2.05, 4.69) is 25.8 Å². The Morgan fingerprint density at radius 2 is 1.81 bits per heavy atom. The number of halogens is 1. The van der Waals surface area contributed by atoms with Crippen LogP contribution in [0.3, 0.4) is 0 Å². The molecule has 2 saturated heterocycles. The molecule has 2 aromatic heterocycles. The Kier molecular flexibility index (Phi) is 6.95. The maximum Gasteiger partial charge on any atom is 0.224 e. The van der Waals surface area contributed by atoms with Crippen molar-refractivity contribution in [3.05, 3.63) is 16.2 Å². The van der Waals surface area contributed by atoms with Gasteiger partial charge in [-0.15, -0.1) is 11.3 Å². The van der Waals surface area contributed by atoms with Gasteiger partial charge in [-0.3, -0.25) is 0 Å². The van der Waals surface area contributed by atoms with Crippen LogP contribution in [0.5, 0.6) is 0 Å². The number of thiophene rings is 1. The van der Waals surface area contributed by atoms with Crippen LogP contribution in [0.4, 0.5) is 5.82 Å². The summed E-state index contributed by atoms with van der Waals surface area (Å²) in [7, 11) is 0. The first-order valence-electron chi connectivity index (χ1n) is 12.0. The second-order valence-electron chi connectivity index (χ2n) is 9.38. The quantitative estimate of drug-likeness (QED) is 0.673. The molecule has 31 heavy (non-hydrogen) atoms. The van der Waals surface area contributed by atoms with E-state index in [-0.39, 0.29) is 6.04 Å². The number of rotatable bonds is 5. The number of nitrogens with zero attached hydrogens (tertiary/aromatic N) is 4. The van der Waals surface area contributed by atoms with Gasteiger partial charge < -0.3 is 20.3 Å². The number of aromatic nitrogens is 2. The van der Waals surface area contributed by atoms with E-state index in [1.807, 2.05) is 0 Å². The molecule has 8 heteroatoms. The summed E-state index contributed by atoms with van der Waals surface area (Å²) in [5.74, 6) is 1.56. The molecule has 1 saturated carbocycles. The SMILES string of the molecule is NC(Cc1cc2nc(Cl)nc(N3CCOCC3)c2s1)C1CCN(C2CCCCC2)CC1. The van der Waals surface area contributed by atoms with Gasteiger partial charge in [0, 0.05) is 30.1 Å². The summed E-state index contributed by atoms with van der Waals surface area (Å²) in [6.45, 7) is 5.58. The highest BCUT2D eigenvalue weighted by molar-refractivity contribution is 7.19. The molecule has 2 aliphatic heterocycles. The van der Waals surface area contributed by atoms with Crippen LogP contribution in [0.2, 0.25) is 5.28 Å². The van der Waals surface area contributed by atoms with Crippen molar-refractivity contribution in [2.45, 2.75) is 63.5 Å². The van der Waals surface area contributed by atoms with Gasteiger partial charge in [0.15, 0.2) is 5.82 Å². The third kappa shape index (κ3) is 5.01. The van der Waals surface area contributed by atoms with Crippen molar-refractivity contribution in [1.82, 2.24) is 14.9 Å². The first-order chi connectivity index (χ1) is 15.2. The molecule has 5 rings (SSSR count). The smallest absolute Gasteiger partial charge is 0.224 e. The minimum Gasteiger partial charge on any atom is -0.378 e. The lowest BCUT2D eigenvalue weighted by molar-refractivity contribution is 0.0993. The van der Waals surface area contributed by atoms with Crippen molar-refractivity contribution in [1.29, 1.82) is 0 Å². The topological polar surface area (TPSA) is 67.5 Å². The minimum absolute atomic E-state index is 0.205. The summed E-state index contributed by atoms with van der Waals surface area (Å²) in [6, 6.07) is 3.21. The molecule has 2 aromatic rings. The highest BCUT2D eigenvalue weighted by atomic mass is 35.5. The third-order valence-corrected chi connectivity index (χ3v) is 8.71. The maximum absolute atomic E-state index is 6.74. The zero-order valence-corrected chi connectivity index (χ0v) is 19.8. The van der Waals surface area contributed by atoms with E-state index in [4.69, 9.17) is 22.1 Å². The van der Waals surface area contributed by atoms with E-state index >= 15 is 0 Å². The largest absolute Gasteiger partial charge is 0.378 e. The van der Waals surface area contributed by atoms with Crippen LogP contribution in [0.1, 0.15) is 49.8 Å². The Labute approximate surface area is 194 Å². The summed E-state index contributed by atoms with van der Waals surface area (Å²) < 4.78 is 6.63. The Morgan fingerprint density at radius 3 is 2.55 bits per heavy atom. The molecule has 1 unspecified atom stereocenters. The third-order valence-electron chi connectivity index (χ3n) is 7.40. The molecule has 3 fully saturated rings. The van der Waals surface area contributed by atoms with Crippen molar-refractivity contribution in [3.8, 4) is 0 Å². The first kappa shape index (κ1) is 21.8. The van der Waals surface area contributed by atoms with Gasteiger partial charge in [0.05, 0.1) is 23.4 Å². The molecule has 0 radical (unpaired) electrons. The van der Waals surface area contributed by atoms with Crippen molar-refractivity contribution >= 4 is 39.0 Å². The zero-order valence-electron chi connectivity index (χ0n) is 18.3. The number of ether oxygens (including phenoxy) is 1. The van der Waals surface area contributed by atoms with Crippen LogP contribution in [0.25, 0.3) is 10.2 Å². The molecular weight excluding hydrogens is 430 g/mol. The molecule has 3 aliphatic rings. The van der Waals surface area contributed by atoms with Crippen molar-refractivity contribution in [3.63, 3.8) is 0 Å². The number of fused-ring (bicyclic) bond motifs is 1. The number of morpholine rings is 1. The second kappa shape index (κ2) is 9.87. The molecule has 170 valence electrons. The number of piperidine rings is 1. The van der Waals surface area contributed by atoms with Crippen molar-refractivity contribution in [2.75, 3.05) is 44.3 Å². The average Bonchev–Trinajstić information content (AvgIpc) is 3.21. The number of hydrogen-bond acceptors (Lipinski definition) is 7. The van der Waals surface area contributed by atoms with Gasteiger partial charge in [-0.2, -0.15) is 4.98 Å². The summed E-state index contributed by atoms with van der Waals surface area (Å²) in [5, 5.41) is 0.317. The first-order valence-corrected chi connectivity index (χ1v) is 13.1. The van der Waals surface area contributed by atoms with Gasteiger partial charge in [-0.05, 0) is 68.8 Å². The summed E-state index contributed by atoms with van der Waals surface area (Å²) in [5.41, 5.74) is 7.68. The Balaban J connectivity index is 1.24. The molecule has 6 nitrogen and oxygen atoms in total. The van der Waals surface area contributed by atoms with E-state index in [9.17, 15) is 0 Å². The van der Waals surface area contributed by atoms with E-state index in [0.29, 0.717) is 11.2 Å². The van der Waals surface area contributed by atoms with Gasteiger partial charge in [-0.1, -0.05) is 19.3 Å². The fourth-order valence-electron chi connectivity index (χ4n) is 5.58. The molecule has 1 atom stereocenters. The maximum atomic E-state index is 6.74. The van der Waals surface area contributed by atoms with Crippen LogP contribution in [0, 0.1) is 5.92 Å². The van der Waals surface area contributed by atoms with Crippen LogP contribution < -0.4 is 10.6 Å². The van der Waals surface area contributed by atoms with Crippen LogP contribution in [0.15, 0.2) is 6.07 Å². The van der Waals surface area contributed by atoms with E-state index in [1.54, 1.807) is 11.3 Å². The van der Waals surface area contributed by atoms with Gasteiger partial charge in [-0.25, -0.2) is 4.98 Å². The lowest BCUT2D eigenvalue weighted by atomic mass is 9.85. The van der Waals surface area contributed by atoms with E-state index in [0.717, 1.165) is 54.8 Å². The predicted octanol–water partition coefficient (Wildman–Crippen LogP) is 4.10. The van der Waals surface area contributed by atoms with Crippen molar-refractivity contribution in [2.24, 2.45) is 11.7 Å². The monoisotopic (exact) mass is 463 g/mol. The van der Waals surface area contributed by atoms with E-state index < -0.39 is 0 Å². The van der Waals surface area contributed by atoms with Crippen LogP contribution >= 0.6 is 22.9 Å². The van der Waals surface area contributed by atoms with E-state index in [1.165, 1.54) is 62.9 Å². The Hall–Kier alpha value is -0.990. The number of nitrogens with two attached hydrogens (primary N) is 1. The molecule has 4 heterocycles. The summed E-state index contributed by atoms with van der Waals surface area (Å²) in [6.07, 6.45) is 10.4. The normalized spacial score (nSPS) is 23.5. The highest BCUT2D eigenvalue weighted by Crippen LogP contribution is 2.35. The van der Waals surface area contributed by atoms with Gasteiger partial charge in [0.25, 0.3) is 0 Å². The van der Waals surface area contributed by atoms with Gasteiger partial charge in [0.2, 0.25) is 5.28 Å². The fraction of sp³-hybridized carbons (Fsp3) is 0.739. The molecule has 0 bridgehead atoms. The Morgan fingerprint density at radius 1 is 1.06 bits per heavy atom. The lowest BCUT2D eigenvalue weighted by Crippen LogP contribution is -2.46. The van der Waals surface area contributed by atoms with Gasteiger partial charge in [0.1, 0.15) is 0 Å². The minimum atomic E-state index is 0.205. The number of anilines is 1. The predicted molar refractivity (Wildman–Crippen MR) is 128 cm³/mol. The fourth-order valence-corrected chi connectivity index (χ4v) is 6.94. The molecule has 0 amide bonds. The number of hydrogen-bond donors (Lipinski definition) is 1. The summed E-state index contributed by atoms with van der Waals surface area (Å²) >= 11 is 8.04. The van der Waals surface area contributed by atoms with Gasteiger partial charge >= 0.3 is 0 Å². The lowest BCUT2D eigenvalue weighted by Gasteiger charge is -2.40. The molecule has 1 aliphatic carbocycles. The second-order valence-corrected chi connectivity index (χ2v) is 10.9. The number of likely N-dealkylation sites (tertiary alicyclic amines) is 1. The molecule has 0 aromatic carbocycles. The summed E-state index contributed by atoms with van der Waals surface area (Å²) in [4.78, 5) is 15.4.